The molecule has 0 spiro atoms. The third-order valence-electron chi connectivity index (χ3n) is 5.79. The Balaban J connectivity index is 1.75. The Morgan fingerprint density at radius 3 is 2.44 bits per heavy atom. The first-order valence-electron chi connectivity index (χ1n) is 11.8. The van der Waals surface area contributed by atoms with Crippen molar-refractivity contribution in [3.8, 4) is 11.5 Å². The molecule has 2 aromatic carbocycles. The highest BCUT2D eigenvalue weighted by atomic mass is 35.5. The third-order valence-corrected chi connectivity index (χ3v) is 6.53. The van der Waals surface area contributed by atoms with Gasteiger partial charge in [0.25, 0.3) is 0 Å². The molecule has 0 unspecified atom stereocenters. The maximum atomic E-state index is 13.4. The second-order valence-corrected chi connectivity index (χ2v) is 9.13. The molecular formula is C26H32Cl2N2O4. The molecule has 0 aliphatic carbocycles. The summed E-state index contributed by atoms with van der Waals surface area (Å²) in [5.41, 5.74) is 1.80. The molecule has 1 atom stereocenters. The number of fused-ring (bicyclic) bond motifs is 1. The fourth-order valence-corrected chi connectivity index (χ4v) is 4.22. The summed E-state index contributed by atoms with van der Waals surface area (Å²) in [5, 5.41) is 3.84. The van der Waals surface area contributed by atoms with Crippen LogP contribution in [0.4, 0.5) is 0 Å². The minimum Gasteiger partial charge on any atom is -0.486 e. The van der Waals surface area contributed by atoms with Gasteiger partial charge in [0.05, 0.1) is 10.0 Å². The molecule has 3 rings (SSSR count). The number of amides is 2. The lowest BCUT2D eigenvalue weighted by atomic mass is 10.1. The molecule has 0 saturated carbocycles. The van der Waals surface area contributed by atoms with Gasteiger partial charge in [-0.25, -0.2) is 0 Å². The largest absolute Gasteiger partial charge is 0.486 e. The van der Waals surface area contributed by atoms with E-state index in [1.165, 1.54) is 0 Å². The van der Waals surface area contributed by atoms with Crippen LogP contribution in [0.5, 0.6) is 11.5 Å². The van der Waals surface area contributed by atoms with Gasteiger partial charge >= 0.3 is 0 Å². The van der Waals surface area contributed by atoms with Crippen molar-refractivity contribution in [2.75, 3.05) is 19.8 Å². The number of hydrogen-bond acceptors (Lipinski definition) is 4. The monoisotopic (exact) mass is 506 g/mol. The molecule has 0 saturated heterocycles. The first-order chi connectivity index (χ1) is 16.4. The highest BCUT2D eigenvalue weighted by molar-refractivity contribution is 6.42. The Kier molecular flexibility index (Phi) is 9.90. The zero-order valence-electron chi connectivity index (χ0n) is 19.7. The molecule has 2 amide bonds. The van der Waals surface area contributed by atoms with Gasteiger partial charge in [0.15, 0.2) is 11.5 Å². The Bertz CT molecular complexity index is 999. The Hall–Kier alpha value is -2.44. The van der Waals surface area contributed by atoms with E-state index in [4.69, 9.17) is 32.7 Å². The molecular weight excluding hydrogens is 475 g/mol. The number of carbonyl (C=O) groups excluding carboxylic acids is 2. The van der Waals surface area contributed by atoms with Gasteiger partial charge in [0.1, 0.15) is 19.3 Å². The number of ether oxygens (including phenoxy) is 2. The summed E-state index contributed by atoms with van der Waals surface area (Å²) in [5.74, 6) is 1.19. The number of carbonyl (C=O) groups is 2. The van der Waals surface area contributed by atoms with Crippen molar-refractivity contribution in [2.24, 2.45) is 0 Å². The van der Waals surface area contributed by atoms with Gasteiger partial charge in [0, 0.05) is 19.5 Å². The average molecular weight is 507 g/mol. The van der Waals surface area contributed by atoms with Crippen LogP contribution in [-0.4, -0.2) is 42.5 Å². The topological polar surface area (TPSA) is 67.9 Å². The number of hydrogen-bond donors (Lipinski definition) is 1. The van der Waals surface area contributed by atoms with E-state index in [9.17, 15) is 9.59 Å². The molecule has 0 aromatic heterocycles. The molecule has 0 radical (unpaired) electrons. The van der Waals surface area contributed by atoms with E-state index in [0.29, 0.717) is 48.4 Å². The molecule has 8 heteroatoms. The van der Waals surface area contributed by atoms with Gasteiger partial charge < -0.3 is 19.7 Å². The number of rotatable bonds is 11. The first-order valence-corrected chi connectivity index (χ1v) is 12.6. The summed E-state index contributed by atoms with van der Waals surface area (Å²) >= 11 is 12.3. The fraction of sp³-hybridized carbons (Fsp3) is 0.462. The lowest BCUT2D eigenvalue weighted by Crippen LogP contribution is -2.49. The number of benzene rings is 2. The van der Waals surface area contributed by atoms with Crippen molar-refractivity contribution in [1.82, 2.24) is 10.2 Å². The van der Waals surface area contributed by atoms with E-state index < -0.39 is 6.04 Å². The second-order valence-electron chi connectivity index (χ2n) is 8.32. The normalized spacial score (nSPS) is 13.3. The van der Waals surface area contributed by atoms with Gasteiger partial charge in [-0.05, 0) is 54.7 Å². The summed E-state index contributed by atoms with van der Waals surface area (Å²) in [6.45, 7) is 5.90. The SMILES string of the molecule is CCCCNC(=O)[C@H](CC)N(Cc1ccc(Cl)c(Cl)c1)C(=O)CCc1ccc2c(c1)OCCO2. The maximum Gasteiger partial charge on any atom is 0.242 e. The smallest absolute Gasteiger partial charge is 0.242 e. The molecule has 34 heavy (non-hydrogen) atoms. The van der Waals surface area contributed by atoms with Crippen molar-refractivity contribution in [2.45, 2.75) is 58.5 Å². The molecule has 1 N–H and O–H groups in total. The van der Waals surface area contributed by atoms with Crippen LogP contribution < -0.4 is 14.8 Å². The minimum atomic E-state index is -0.570. The van der Waals surface area contributed by atoms with Crippen molar-refractivity contribution < 1.29 is 19.1 Å². The predicted molar refractivity (Wildman–Crippen MR) is 135 cm³/mol. The summed E-state index contributed by atoms with van der Waals surface area (Å²) < 4.78 is 11.2. The zero-order chi connectivity index (χ0) is 24.5. The molecule has 0 fully saturated rings. The zero-order valence-corrected chi connectivity index (χ0v) is 21.3. The summed E-state index contributed by atoms with van der Waals surface area (Å²) in [4.78, 5) is 28.0. The van der Waals surface area contributed by atoms with Crippen molar-refractivity contribution in [3.05, 3.63) is 57.6 Å². The lowest BCUT2D eigenvalue weighted by Gasteiger charge is -2.31. The highest BCUT2D eigenvalue weighted by Gasteiger charge is 2.28. The molecule has 1 aliphatic heterocycles. The van der Waals surface area contributed by atoms with Gasteiger partial charge in [0.2, 0.25) is 11.8 Å². The third kappa shape index (κ3) is 7.03. The molecule has 184 valence electrons. The number of nitrogens with zero attached hydrogens (tertiary/aromatic N) is 1. The summed E-state index contributed by atoms with van der Waals surface area (Å²) in [7, 11) is 0. The standard InChI is InChI=1S/C26H32Cl2N2O4/c1-3-5-12-29-26(32)22(4-2)30(17-19-6-9-20(27)21(28)15-19)25(31)11-8-18-7-10-23-24(16-18)34-14-13-33-23/h6-7,9-10,15-16,22H,3-5,8,11-14,17H2,1-2H3,(H,29,32)/t22-/m0/s1. The van der Waals surface area contributed by atoms with Gasteiger partial charge in [-0.1, -0.05) is 55.6 Å². The maximum absolute atomic E-state index is 13.4. The van der Waals surface area contributed by atoms with Crippen LogP contribution in [0.3, 0.4) is 0 Å². The van der Waals surface area contributed by atoms with Crippen LogP contribution >= 0.6 is 23.2 Å². The number of nitrogens with one attached hydrogen (secondary N) is 1. The average Bonchev–Trinajstić information content (AvgIpc) is 2.84. The second kappa shape index (κ2) is 12.9. The quantitative estimate of drug-likeness (QED) is 0.413. The van der Waals surface area contributed by atoms with Crippen LogP contribution in [0, 0.1) is 0 Å². The first kappa shape index (κ1) is 26.2. The van der Waals surface area contributed by atoms with Crippen molar-refractivity contribution in [1.29, 1.82) is 0 Å². The molecule has 1 heterocycles. The van der Waals surface area contributed by atoms with E-state index in [1.807, 2.05) is 31.2 Å². The van der Waals surface area contributed by atoms with E-state index in [-0.39, 0.29) is 24.8 Å². The van der Waals surface area contributed by atoms with Crippen LogP contribution in [0.1, 0.15) is 50.7 Å². The van der Waals surface area contributed by atoms with E-state index in [1.54, 1.807) is 17.0 Å². The summed E-state index contributed by atoms with van der Waals surface area (Å²) in [6.07, 6.45) is 3.18. The van der Waals surface area contributed by atoms with Crippen LogP contribution in [0.2, 0.25) is 10.0 Å². The van der Waals surface area contributed by atoms with Gasteiger partial charge in [-0.2, -0.15) is 0 Å². The Morgan fingerprint density at radius 1 is 1.00 bits per heavy atom. The van der Waals surface area contributed by atoms with Gasteiger partial charge in [-0.15, -0.1) is 0 Å². The Labute approximate surface area is 211 Å². The molecule has 0 bridgehead atoms. The minimum absolute atomic E-state index is 0.0987. The summed E-state index contributed by atoms with van der Waals surface area (Å²) in [6, 6.07) is 10.4. The van der Waals surface area contributed by atoms with Gasteiger partial charge in [-0.3, -0.25) is 9.59 Å². The fourth-order valence-electron chi connectivity index (χ4n) is 3.90. The van der Waals surface area contributed by atoms with E-state index in [0.717, 1.165) is 29.7 Å². The van der Waals surface area contributed by atoms with Crippen LogP contribution in [0.15, 0.2) is 36.4 Å². The number of unbranched alkanes of at least 4 members (excludes halogenated alkanes) is 1. The Morgan fingerprint density at radius 2 is 1.74 bits per heavy atom. The molecule has 2 aromatic rings. The molecule has 6 nitrogen and oxygen atoms in total. The van der Waals surface area contributed by atoms with Crippen LogP contribution in [-0.2, 0) is 22.6 Å². The van der Waals surface area contributed by atoms with Crippen molar-refractivity contribution in [3.63, 3.8) is 0 Å². The van der Waals surface area contributed by atoms with E-state index >= 15 is 0 Å². The lowest BCUT2D eigenvalue weighted by molar-refractivity contribution is -0.141. The number of aryl methyl sites for hydroxylation is 1. The molecule has 1 aliphatic rings. The van der Waals surface area contributed by atoms with E-state index in [2.05, 4.69) is 12.2 Å². The number of halogens is 2. The predicted octanol–water partition coefficient (Wildman–Crippen LogP) is 5.42. The van der Waals surface area contributed by atoms with Crippen molar-refractivity contribution >= 4 is 35.0 Å². The highest BCUT2D eigenvalue weighted by Crippen LogP contribution is 2.31. The van der Waals surface area contributed by atoms with Crippen LogP contribution in [0.25, 0.3) is 0 Å².